The fourth-order valence-corrected chi connectivity index (χ4v) is 4.94. The molecule has 1 aromatic carbocycles. The van der Waals surface area contributed by atoms with Crippen molar-refractivity contribution >= 4 is 34.2 Å². The first-order chi connectivity index (χ1) is 15.7. The molecule has 0 spiro atoms. The lowest BCUT2D eigenvalue weighted by molar-refractivity contribution is -0.138. The van der Waals surface area contributed by atoms with Gasteiger partial charge in [0.1, 0.15) is 5.82 Å². The highest BCUT2D eigenvalue weighted by Gasteiger charge is 2.30. The SMILES string of the molecule is O=C(C1CCN(c2ccc(Cl)cn2)CC1)N1CCN(Cc2cccc3cccnc23)CC1. The van der Waals surface area contributed by atoms with Gasteiger partial charge in [0.2, 0.25) is 5.91 Å². The van der Waals surface area contributed by atoms with Crippen LogP contribution >= 0.6 is 11.6 Å². The molecular weight excluding hydrogens is 422 g/mol. The van der Waals surface area contributed by atoms with Gasteiger partial charge in [-0.25, -0.2) is 4.98 Å². The molecule has 0 aliphatic carbocycles. The molecule has 2 fully saturated rings. The molecule has 2 aliphatic rings. The zero-order chi connectivity index (χ0) is 21.9. The number of amides is 1. The van der Waals surface area contributed by atoms with Crippen LogP contribution in [0.5, 0.6) is 0 Å². The summed E-state index contributed by atoms with van der Waals surface area (Å²) in [5.41, 5.74) is 2.33. The van der Waals surface area contributed by atoms with Crippen molar-refractivity contribution in [1.29, 1.82) is 0 Å². The van der Waals surface area contributed by atoms with Crippen LogP contribution in [0.1, 0.15) is 18.4 Å². The lowest BCUT2D eigenvalue weighted by Crippen LogP contribution is -2.51. The van der Waals surface area contributed by atoms with E-state index in [2.05, 4.69) is 48.9 Å². The number of piperazine rings is 1. The van der Waals surface area contributed by atoms with E-state index in [4.69, 9.17) is 11.6 Å². The number of rotatable bonds is 4. The summed E-state index contributed by atoms with van der Waals surface area (Å²) in [6.45, 7) is 6.01. The molecule has 2 aromatic heterocycles. The van der Waals surface area contributed by atoms with Crippen LogP contribution in [0.2, 0.25) is 5.02 Å². The number of carbonyl (C=O) groups is 1. The second kappa shape index (κ2) is 9.43. The van der Waals surface area contributed by atoms with Crippen molar-refractivity contribution in [2.45, 2.75) is 19.4 Å². The van der Waals surface area contributed by atoms with Gasteiger partial charge in [0.25, 0.3) is 0 Å². The second-order valence-electron chi connectivity index (χ2n) is 8.69. The van der Waals surface area contributed by atoms with E-state index in [0.717, 1.165) is 70.0 Å². The number of hydrogen-bond acceptors (Lipinski definition) is 5. The maximum Gasteiger partial charge on any atom is 0.225 e. The Balaban J connectivity index is 1.13. The number of anilines is 1. The lowest BCUT2D eigenvalue weighted by Gasteiger charge is -2.39. The molecule has 7 heteroatoms. The Morgan fingerprint density at radius 3 is 2.47 bits per heavy atom. The van der Waals surface area contributed by atoms with Crippen LogP contribution in [0, 0.1) is 5.92 Å². The number of benzene rings is 1. The molecule has 4 heterocycles. The standard InChI is InChI=1S/C25H28ClN5O/c26-22-6-7-23(28-17-22)30-11-8-20(9-12-30)25(32)31-15-13-29(14-16-31)18-21-4-1-3-19-5-2-10-27-24(19)21/h1-7,10,17,20H,8-9,11-16,18H2. The molecule has 0 saturated carbocycles. The number of nitrogens with zero attached hydrogens (tertiary/aromatic N) is 5. The summed E-state index contributed by atoms with van der Waals surface area (Å²) in [7, 11) is 0. The molecule has 0 N–H and O–H groups in total. The summed E-state index contributed by atoms with van der Waals surface area (Å²) in [5.74, 6) is 1.38. The molecule has 0 unspecified atom stereocenters. The number of para-hydroxylation sites is 1. The van der Waals surface area contributed by atoms with Crippen LogP contribution in [-0.4, -0.2) is 64.9 Å². The molecule has 166 valence electrons. The first-order valence-electron chi connectivity index (χ1n) is 11.4. The number of hydrogen-bond donors (Lipinski definition) is 0. The van der Waals surface area contributed by atoms with E-state index in [9.17, 15) is 4.79 Å². The molecule has 5 rings (SSSR count). The van der Waals surface area contributed by atoms with Crippen LogP contribution in [0.3, 0.4) is 0 Å². The quantitative estimate of drug-likeness (QED) is 0.605. The predicted octanol–water partition coefficient (Wildman–Crippen LogP) is 3.84. The molecule has 0 atom stereocenters. The Bertz CT molecular complexity index is 1070. The van der Waals surface area contributed by atoms with Gasteiger partial charge in [-0.05, 0) is 36.6 Å². The van der Waals surface area contributed by atoms with Crippen molar-refractivity contribution in [3.8, 4) is 0 Å². The summed E-state index contributed by atoms with van der Waals surface area (Å²) in [5, 5.41) is 1.83. The number of halogens is 1. The second-order valence-corrected chi connectivity index (χ2v) is 9.13. The molecule has 3 aromatic rings. The minimum atomic E-state index is 0.118. The minimum Gasteiger partial charge on any atom is -0.357 e. The van der Waals surface area contributed by atoms with Crippen molar-refractivity contribution in [2.75, 3.05) is 44.2 Å². The summed E-state index contributed by atoms with van der Waals surface area (Å²) in [4.78, 5) is 28.9. The Morgan fingerprint density at radius 1 is 0.938 bits per heavy atom. The van der Waals surface area contributed by atoms with Crippen molar-refractivity contribution in [3.63, 3.8) is 0 Å². The average Bonchev–Trinajstić information content (AvgIpc) is 2.85. The predicted molar refractivity (Wildman–Crippen MR) is 128 cm³/mol. The van der Waals surface area contributed by atoms with Gasteiger partial charge < -0.3 is 9.80 Å². The average molecular weight is 450 g/mol. The fourth-order valence-electron chi connectivity index (χ4n) is 4.83. The van der Waals surface area contributed by atoms with E-state index >= 15 is 0 Å². The first kappa shape index (κ1) is 21.2. The van der Waals surface area contributed by atoms with E-state index in [1.54, 1.807) is 6.20 Å². The van der Waals surface area contributed by atoms with Crippen LogP contribution in [0.4, 0.5) is 5.82 Å². The van der Waals surface area contributed by atoms with Gasteiger partial charge in [0.15, 0.2) is 0 Å². The topological polar surface area (TPSA) is 52.6 Å². The van der Waals surface area contributed by atoms with Gasteiger partial charge in [-0.1, -0.05) is 35.9 Å². The molecule has 1 amide bonds. The Labute approximate surface area is 193 Å². The monoisotopic (exact) mass is 449 g/mol. The highest BCUT2D eigenvalue weighted by atomic mass is 35.5. The number of carbonyl (C=O) groups excluding carboxylic acids is 1. The zero-order valence-corrected chi connectivity index (χ0v) is 18.9. The third-order valence-electron chi connectivity index (χ3n) is 6.67. The highest BCUT2D eigenvalue weighted by Crippen LogP contribution is 2.25. The molecule has 0 radical (unpaired) electrons. The number of fused-ring (bicyclic) bond motifs is 1. The smallest absolute Gasteiger partial charge is 0.225 e. The van der Waals surface area contributed by atoms with Crippen LogP contribution in [-0.2, 0) is 11.3 Å². The van der Waals surface area contributed by atoms with Crippen LogP contribution < -0.4 is 4.90 Å². The molecule has 0 bridgehead atoms. The van der Waals surface area contributed by atoms with E-state index in [-0.39, 0.29) is 5.92 Å². The summed E-state index contributed by atoms with van der Waals surface area (Å²) in [6.07, 6.45) is 5.30. The molecule has 32 heavy (non-hydrogen) atoms. The summed E-state index contributed by atoms with van der Waals surface area (Å²) >= 11 is 5.94. The van der Waals surface area contributed by atoms with Crippen LogP contribution in [0.15, 0.2) is 54.9 Å². The first-order valence-corrected chi connectivity index (χ1v) is 11.8. The fraction of sp³-hybridized carbons (Fsp3) is 0.400. The molecule has 6 nitrogen and oxygen atoms in total. The van der Waals surface area contributed by atoms with Gasteiger partial charge in [-0.3, -0.25) is 14.7 Å². The normalized spacial score (nSPS) is 18.3. The third kappa shape index (κ3) is 4.57. The lowest BCUT2D eigenvalue weighted by atomic mass is 9.95. The van der Waals surface area contributed by atoms with Crippen molar-refractivity contribution in [3.05, 3.63) is 65.4 Å². The molecule has 2 aliphatic heterocycles. The Kier molecular flexibility index (Phi) is 6.23. The summed E-state index contributed by atoms with van der Waals surface area (Å²) in [6, 6.07) is 14.3. The van der Waals surface area contributed by atoms with Gasteiger partial charge in [-0.15, -0.1) is 0 Å². The Morgan fingerprint density at radius 2 is 1.72 bits per heavy atom. The summed E-state index contributed by atoms with van der Waals surface area (Å²) < 4.78 is 0. The van der Waals surface area contributed by atoms with Gasteiger partial charge >= 0.3 is 0 Å². The van der Waals surface area contributed by atoms with Crippen molar-refractivity contribution < 1.29 is 4.79 Å². The number of aromatic nitrogens is 2. The number of piperidine rings is 1. The van der Waals surface area contributed by atoms with E-state index in [0.29, 0.717) is 10.9 Å². The minimum absolute atomic E-state index is 0.118. The van der Waals surface area contributed by atoms with Crippen molar-refractivity contribution in [2.24, 2.45) is 5.92 Å². The van der Waals surface area contributed by atoms with Crippen molar-refractivity contribution in [1.82, 2.24) is 19.8 Å². The Hall–Kier alpha value is -2.70. The highest BCUT2D eigenvalue weighted by molar-refractivity contribution is 6.30. The molecular formula is C25H28ClN5O. The zero-order valence-electron chi connectivity index (χ0n) is 18.2. The van der Waals surface area contributed by atoms with E-state index in [1.807, 2.05) is 24.4 Å². The van der Waals surface area contributed by atoms with E-state index in [1.165, 1.54) is 10.9 Å². The maximum atomic E-state index is 13.1. The van der Waals surface area contributed by atoms with Gasteiger partial charge in [0, 0.05) is 69.5 Å². The van der Waals surface area contributed by atoms with Crippen LogP contribution in [0.25, 0.3) is 10.9 Å². The van der Waals surface area contributed by atoms with Gasteiger partial charge in [-0.2, -0.15) is 0 Å². The van der Waals surface area contributed by atoms with Gasteiger partial charge in [0.05, 0.1) is 10.5 Å². The number of pyridine rings is 2. The third-order valence-corrected chi connectivity index (χ3v) is 6.90. The maximum absolute atomic E-state index is 13.1. The molecule has 2 saturated heterocycles. The van der Waals surface area contributed by atoms with E-state index < -0.39 is 0 Å². The largest absolute Gasteiger partial charge is 0.357 e.